The van der Waals surface area contributed by atoms with Crippen LogP contribution >= 0.6 is 0 Å². The van der Waals surface area contributed by atoms with Gasteiger partial charge in [-0.3, -0.25) is 0 Å². The Bertz CT molecular complexity index is 297. The van der Waals surface area contributed by atoms with Crippen LogP contribution in [-0.2, 0) is 4.74 Å². The first-order valence-electron chi connectivity index (χ1n) is 4.37. The summed E-state index contributed by atoms with van der Waals surface area (Å²) < 4.78 is 35.0. The molecule has 0 unspecified atom stereocenters. The summed E-state index contributed by atoms with van der Waals surface area (Å²) in [5, 5.41) is 9.21. The van der Waals surface area contributed by atoms with Gasteiger partial charge in [0.25, 0.3) is 0 Å². The number of hydrogen-bond donors (Lipinski definition) is 1. The Labute approximate surface area is 86.2 Å². The van der Waals surface area contributed by atoms with Crippen LogP contribution in [-0.4, -0.2) is 31.5 Å². The minimum Gasteiger partial charge on any atom is -0.491 e. The average Bonchev–Trinajstić information content (AvgIpc) is 2.14. The van der Waals surface area contributed by atoms with Gasteiger partial charge in [0, 0.05) is 25.3 Å². The van der Waals surface area contributed by atoms with E-state index in [1.165, 1.54) is 7.11 Å². The molecule has 0 aliphatic heterocycles. The standard InChI is InChI=1S/C10H12F2O3/c1-14-5-9(13)6-15-10-3-7(11)2-8(12)4-10/h2-4,9,13H,5-6H2,1H3/t9-/m1/s1. The molecule has 0 aliphatic carbocycles. The maximum Gasteiger partial charge on any atom is 0.129 e. The number of rotatable bonds is 5. The molecule has 1 aromatic rings. The maximum absolute atomic E-state index is 12.7. The van der Waals surface area contributed by atoms with Crippen molar-refractivity contribution in [3.05, 3.63) is 29.8 Å². The molecule has 15 heavy (non-hydrogen) atoms. The van der Waals surface area contributed by atoms with Crippen LogP contribution in [0.4, 0.5) is 8.78 Å². The number of halogens is 2. The Hall–Kier alpha value is -1.20. The number of methoxy groups -OCH3 is 1. The molecule has 0 amide bonds. The molecule has 0 heterocycles. The Morgan fingerprint density at radius 1 is 1.20 bits per heavy atom. The number of ether oxygens (including phenoxy) is 2. The molecule has 0 spiro atoms. The van der Waals surface area contributed by atoms with Crippen LogP contribution in [0.3, 0.4) is 0 Å². The molecule has 0 saturated carbocycles. The quantitative estimate of drug-likeness (QED) is 0.810. The molecule has 0 fully saturated rings. The fourth-order valence-electron chi connectivity index (χ4n) is 1.04. The van der Waals surface area contributed by atoms with E-state index in [2.05, 4.69) is 4.74 Å². The van der Waals surface area contributed by atoms with E-state index >= 15 is 0 Å². The molecular formula is C10H12F2O3. The second kappa shape index (κ2) is 5.63. The lowest BCUT2D eigenvalue weighted by Gasteiger charge is -2.11. The van der Waals surface area contributed by atoms with Gasteiger partial charge < -0.3 is 14.6 Å². The molecule has 1 rings (SSSR count). The van der Waals surface area contributed by atoms with Gasteiger partial charge in [-0.25, -0.2) is 8.78 Å². The van der Waals surface area contributed by atoms with Gasteiger partial charge in [-0.05, 0) is 0 Å². The van der Waals surface area contributed by atoms with Crippen molar-refractivity contribution in [2.75, 3.05) is 20.3 Å². The molecule has 3 nitrogen and oxygen atoms in total. The largest absolute Gasteiger partial charge is 0.491 e. The van der Waals surface area contributed by atoms with E-state index in [0.717, 1.165) is 18.2 Å². The van der Waals surface area contributed by atoms with Crippen LogP contribution in [0.2, 0.25) is 0 Å². The highest BCUT2D eigenvalue weighted by molar-refractivity contribution is 5.23. The number of aliphatic hydroxyl groups is 1. The molecule has 0 aliphatic rings. The first-order valence-corrected chi connectivity index (χ1v) is 4.37. The van der Waals surface area contributed by atoms with E-state index < -0.39 is 17.7 Å². The van der Waals surface area contributed by atoms with E-state index in [0.29, 0.717) is 0 Å². The average molecular weight is 218 g/mol. The lowest BCUT2D eigenvalue weighted by Crippen LogP contribution is -2.22. The first-order chi connectivity index (χ1) is 7.11. The van der Waals surface area contributed by atoms with Crippen molar-refractivity contribution in [3.8, 4) is 5.75 Å². The zero-order chi connectivity index (χ0) is 11.3. The zero-order valence-corrected chi connectivity index (χ0v) is 8.24. The van der Waals surface area contributed by atoms with Gasteiger partial charge in [-0.2, -0.15) is 0 Å². The minimum atomic E-state index is -0.818. The van der Waals surface area contributed by atoms with Gasteiger partial charge in [0.2, 0.25) is 0 Å². The number of benzene rings is 1. The lowest BCUT2D eigenvalue weighted by molar-refractivity contribution is 0.0324. The Morgan fingerprint density at radius 3 is 2.33 bits per heavy atom. The smallest absolute Gasteiger partial charge is 0.129 e. The van der Waals surface area contributed by atoms with E-state index in [-0.39, 0.29) is 19.0 Å². The molecule has 1 aromatic carbocycles. The molecule has 0 aromatic heterocycles. The van der Waals surface area contributed by atoms with Crippen molar-refractivity contribution in [3.63, 3.8) is 0 Å². The molecule has 1 N–H and O–H groups in total. The van der Waals surface area contributed by atoms with Crippen LogP contribution in [0, 0.1) is 11.6 Å². The summed E-state index contributed by atoms with van der Waals surface area (Å²) in [6.45, 7) is 0.0362. The second-order valence-corrected chi connectivity index (χ2v) is 3.03. The molecule has 0 saturated heterocycles. The zero-order valence-electron chi connectivity index (χ0n) is 8.24. The van der Waals surface area contributed by atoms with Crippen molar-refractivity contribution in [2.45, 2.75) is 6.10 Å². The molecule has 0 bridgehead atoms. The highest BCUT2D eigenvalue weighted by atomic mass is 19.1. The van der Waals surface area contributed by atoms with Crippen LogP contribution in [0.25, 0.3) is 0 Å². The van der Waals surface area contributed by atoms with Gasteiger partial charge in [0.05, 0.1) is 6.61 Å². The molecule has 1 atom stereocenters. The molecule has 5 heteroatoms. The summed E-state index contributed by atoms with van der Waals surface area (Å²) in [5.41, 5.74) is 0. The minimum absolute atomic E-state index is 0.0441. The monoisotopic (exact) mass is 218 g/mol. The molecule has 0 radical (unpaired) electrons. The SMILES string of the molecule is COC[C@@H](O)COc1cc(F)cc(F)c1. The van der Waals surface area contributed by atoms with Crippen molar-refractivity contribution in [2.24, 2.45) is 0 Å². The Morgan fingerprint density at radius 2 is 1.80 bits per heavy atom. The van der Waals surface area contributed by atoms with E-state index in [4.69, 9.17) is 4.74 Å². The fraction of sp³-hybridized carbons (Fsp3) is 0.400. The maximum atomic E-state index is 12.7. The second-order valence-electron chi connectivity index (χ2n) is 3.03. The predicted octanol–water partition coefficient (Wildman–Crippen LogP) is 1.35. The fourth-order valence-corrected chi connectivity index (χ4v) is 1.04. The van der Waals surface area contributed by atoms with E-state index in [1.807, 2.05) is 0 Å². The van der Waals surface area contributed by atoms with Crippen molar-refractivity contribution < 1.29 is 23.4 Å². The molecule has 84 valence electrons. The van der Waals surface area contributed by atoms with Crippen molar-refractivity contribution in [1.29, 1.82) is 0 Å². The predicted molar refractivity (Wildman–Crippen MR) is 49.7 cm³/mol. The van der Waals surface area contributed by atoms with Crippen LogP contribution in [0.15, 0.2) is 18.2 Å². The highest BCUT2D eigenvalue weighted by Gasteiger charge is 2.06. The van der Waals surface area contributed by atoms with Gasteiger partial charge in [0.15, 0.2) is 0 Å². The summed E-state index contributed by atoms with van der Waals surface area (Å²) in [5.74, 6) is -1.39. The normalized spacial score (nSPS) is 12.5. The van der Waals surface area contributed by atoms with Crippen LogP contribution in [0.5, 0.6) is 5.75 Å². The Kier molecular flexibility index (Phi) is 4.45. The summed E-state index contributed by atoms with van der Waals surface area (Å²) >= 11 is 0. The third-order valence-electron chi connectivity index (χ3n) is 1.64. The highest BCUT2D eigenvalue weighted by Crippen LogP contribution is 2.15. The third-order valence-corrected chi connectivity index (χ3v) is 1.64. The van der Waals surface area contributed by atoms with Gasteiger partial charge in [0.1, 0.15) is 30.1 Å². The van der Waals surface area contributed by atoms with Crippen molar-refractivity contribution in [1.82, 2.24) is 0 Å². The molecular weight excluding hydrogens is 206 g/mol. The van der Waals surface area contributed by atoms with E-state index in [9.17, 15) is 13.9 Å². The number of hydrogen-bond acceptors (Lipinski definition) is 3. The Balaban J connectivity index is 2.50. The van der Waals surface area contributed by atoms with Crippen molar-refractivity contribution >= 4 is 0 Å². The topological polar surface area (TPSA) is 38.7 Å². The van der Waals surface area contributed by atoms with Crippen LogP contribution < -0.4 is 4.74 Å². The van der Waals surface area contributed by atoms with Gasteiger partial charge >= 0.3 is 0 Å². The summed E-state index contributed by atoms with van der Waals surface area (Å²) in [6, 6.07) is 2.84. The number of aliphatic hydroxyl groups excluding tert-OH is 1. The van der Waals surface area contributed by atoms with Crippen LogP contribution in [0.1, 0.15) is 0 Å². The summed E-state index contributed by atoms with van der Waals surface area (Å²) in [6.07, 6.45) is -0.818. The third kappa shape index (κ3) is 4.22. The summed E-state index contributed by atoms with van der Waals surface area (Å²) in [4.78, 5) is 0. The van der Waals surface area contributed by atoms with Gasteiger partial charge in [-0.1, -0.05) is 0 Å². The lowest BCUT2D eigenvalue weighted by atomic mass is 10.3. The van der Waals surface area contributed by atoms with Gasteiger partial charge in [-0.15, -0.1) is 0 Å². The summed E-state index contributed by atoms with van der Waals surface area (Å²) in [7, 11) is 1.44. The first kappa shape index (κ1) is 11.9. The van der Waals surface area contributed by atoms with E-state index in [1.54, 1.807) is 0 Å².